The van der Waals surface area contributed by atoms with Gasteiger partial charge in [-0.25, -0.2) is 4.98 Å². The molecule has 7 heteroatoms. The first-order valence-corrected chi connectivity index (χ1v) is 11.4. The fourth-order valence-corrected chi connectivity index (χ4v) is 4.46. The zero-order valence-electron chi connectivity index (χ0n) is 17.9. The van der Waals surface area contributed by atoms with Crippen LogP contribution < -0.4 is 9.64 Å². The molecule has 0 unspecified atom stereocenters. The van der Waals surface area contributed by atoms with Crippen molar-refractivity contribution in [1.82, 2.24) is 9.88 Å². The van der Waals surface area contributed by atoms with Crippen LogP contribution in [0.15, 0.2) is 36.4 Å². The minimum atomic E-state index is -0.105. The largest absolute Gasteiger partial charge is 0.484 e. The van der Waals surface area contributed by atoms with Crippen LogP contribution in [0.5, 0.6) is 5.75 Å². The molecule has 160 valence electrons. The van der Waals surface area contributed by atoms with Crippen LogP contribution in [0.25, 0.3) is 10.2 Å². The summed E-state index contributed by atoms with van der Waals surface area (Å²) in [5.74, 6) is 0.588. The number of thiazole rings is 1. The molecule has 0 aliphatic heterocycles. The SMILES string of the molecule is CCN(CC)CCN(C(=O)COc1cccc(C)c1)c1nc2c(C)c(Cl)ccc2s1. The van der Waals surface area contributed by atoms with Crippen LogP contribution in [0.1, 0.15) is 25.0 Å². The van der Waals surface area contributed by atoms with Gasteiger partial charge >= 0.3 is 0 Å². The second-order valence-corrected chi connectivity index (χ2v) is 8.61. The number of carbonyl (C=O) groups excluding carboxylic acids is 1. The first-order valence-electron chi connectivity index (χ1n) is 10.2. The van der Waals surface area contributed by atoms with Crippen molar-refractivity contribution in [2.24, 2.45) is 0 Å². The summed E-state index contributed by atoms with van der Waals surface area (Å²) in [7, 11) is 0. The highest BCUT2D eigenvalue weighted by molar-refractivity contribution is 7.22. The number of fused-ring (bicyclic) bond motifs is 1. The third kappa shape index (κ3) is 5.31. The van der Waals surface area contributed by atoms with Crippen molar-refractivity contribution in [1.29, 1.82) is 0 Å². The number of halogens is 1. The van der Waals surface area contributed by atoms with E-state index in [9.17, 15) is 4.79 Å². The van der Waals surface area contributed by atoms with Crippen LogP contribution >= 0.6 is 22.9 Å². The average Bonchev–Trinajstić information content (AvgIpc) is 3.17. The van der Waals surface area contributed by atoms with Crippen LogP contribution in [-0.4, -0.2) is 48.6 Å². The number of nitrogens with zero attached hydrogens (tertiary/aromatic N) is 3. The predicted molar refractivity (Wildman–Crippen MR) is 126 cm³/mol. The maximum absolute atomic E-state index is 13.1. The lowest BCUT2D eigenvalue weighted by Crippen LogP contribution is -2.41. The van der Waals surface area contributed by atoms with Crippen LogP contribution in [0.2, 0.25) is 5.02 Å². The fourth-order valence-electron chi connectivity index (χ4n) is 3.24. The molecule has 0 N–H and O–H groups in total. The van der Waals surface area contributed by atoms with Crippen molar-refractivity contribution in [3.63, 3.8) is 0 Å². The monoisotopic (exact) mass is 445 g/mol. The van der Waals surface area contributed by atoms with Crippen molar-refractivity contribution < 1.29 is 9.53 Å². The molecule has 0 aliphatic carbocycles. The standard InChI is InChI=1S/C23H28ClN3O2S/c1-5-26(6-2)12-13-27(21(28)15-29-18-9-7-8-16(3)14-18)23-25-22-17(4)19(24)10-11-20(22)30-23/h7-11,14H,5-6,12-13,15H2,1-4H3. The number of benzene rings is 2. The summed E-state index contributed by atoms with van der Waals surface area (Å²) in [5, 5.41) is 1.36. The molecule has 1 aromatic heterocycles. The molecule has 1 amide bonds. The molecule has 2 aromatic carbocycles. The van der Waals surface area contributed by atoms with Crippen molar-refractivity contribution in [2.75, 3.05) is 37.7 Å². The highest BCUT2D eigenvalue weighted by Gasteiger charge is 2.22. The second kappa shape index (κ2) is 10.2. The summed E-state index contributed by atoms with van der Waals surface area (Å²) in [5.41, 5.74) is 2.88. The van der Waals surface area contributed by atoms with Gasteiger partial charge in [-0.3, -0.25) is 9.69 Å². The molecule has 0 saturated carbocycles. The molecule has 3 aromatic rings. The van der Waals surface area contributed by atoms with Crippen molar-refractivity contribution in [3.05, 3.63) is 52.5 Å². The van der Waals surface area contributed by atoms with Gasteiger partial charge in [-0.2, -0.15) is 0 Å². The number of rotatable bonds is 9. The average molecular weight is 446 g/mol. The lowest BCUT2D eigenvalue weighted by atomic mass is 10.2. The zero-order valence-corrected chi connectivity index (χ0v) is 19.5. The number of ether oxygens (including phenoxy) is 1. The molecule has 5 nitrogen and oxygen atoms in total. The minimum absolute atomic E-state index is 0.0304. The number of amides is 1. The smallest absolute Gasteiger partial charge is 0.266 e. The van der Waals surface area contributed by atoms with E-state index in [0.717, 1.165) is 41.0 Å². The van der Waals surface area contributed by atoms with Crippen molar-refractivity contribution >= 4 is 44.2 Å². The van der Waals surface area contributed by atoms with Gasteiger partial charge in [0.05, 0.1) is 10.2 Å². The Morgan fingerprint density at radius 3 is 2.60 bits per heavy atom. The minimum Gasteiger partial charge on any atom is -0.484 e. The van der Waals surface area contributed by atoms with Gasteiger partial charge in [0.15, 0.2) is 11.7 Å². The number of anilines is 1. The number of likely N-dealkylation sites (N-methyl/N-ethyl adjacent to an activating group) is 1. The maximum Gasteiger partial charge on any atom is 0.266 e. The normalized spacial score (nSPS) is 11.3. The van der Waals surface area contributed by atoms with Gasteiger partial charge in [0.25, 0.3) is 5.91 Å². The number of carbonyl (C=O) groups is 1. The van der Waals surface area contributed by atoms with E-state index in [1.165, 1.54) is 11.3 Å². The van der Waals surface area contributed by atoms with Gasteiger partial charge in [0, 0.05) is 18.1 Å². The number of aryl methyl sites for hydroxylation is 2. The van der Waals surface area contributed by atoms with Crippen LogP contribution in [-0.2, 0) is 4.79 Å². The third-order valence-corrected chi connectivity index (χ3v) is 6.61. The van der Waals surface area contributed by atoms with E-state index in [1.54, 1.807) is 4.90 Å². The molecule has 0 radical (unpaired) electrons. The summed E-state index contributed by atoms with van der Waals surface area (Å²) >= 11 is 7.78. The highest BCUT2D eigenvalue weighted by Crippen LogP contribution is 2.33. The van der Waals surface area contributed by atoms with E-state index < -0.39 is 0 Å². The summed E-state index contributed by atoms with van der Waals surface area (Å²) in [6.45, 7) is 11.4. The van der Waals surface area contributed by atoms with Crippen molar-refractivity contribution in [3.8, 4) is 5.75 Å². The number of hydrogen-bond acceptors (Lipinski definition) is 5. The summed E-state index contributed by atoms with van der Waals surface area (Å²) in [4.78, 5) is 21.9. The molecule has 3 rings (SSSR count). The molecular weight excluding hydrogens is 418 g/mol. The Kier molecular flexibility index (Phi) is 7.69. The summed E-state index contributed by atoms with van der Waals surface area (Å²) in [6, 6.07) is 11.6. The van der Waals surface area contributed by atoms with Gasteiger partial charge < -0.3 is 9.64 Å². The Balaban J connectivity index is 1.84. The fraction of sp³-hybridized carbons (Fsp3) is 0.391. The third-order valence-electron chi connectivity index (χ3n) is 5.15. The van der Waals surface area contributed by atoms with Gasteiger partial charge in [-0.05, 0) is 62.3 Å². The topological polar surface area (TPSA) is 45.7 Å². The zero-order chi connectivity index (χ0) is 21.7. The van der Waals surface area contributed by atoms with E-state index in [-0.39, 0.29) is 12.5 Å². The quantitative estimate of drug-likeness (QED) is 0.447. The first-order chi connectivity index (χ1) is 14.4. The number of aromatic nitrogens is 1. The molecular formula is C23H28ClN3O2S. The summed E-state index contributed by atoms with van der Waals surface area (Å²) < 4.78 is 6.80. The van der Waals surface area contributed by atoms with E-state index in [4.69, 9.17) is 21.3 Å². The Bertz CT molecular complexity index is 1020. The molecule has 1 heterocycles. The van der Waals surface area contributed by atoms with Gasteiger partial charge in [-0.1, -0.05) is 48.9 Å². The molecule has 0 bridgehead atoms. The van der Waals surface area contributed by atoms with Crippen LogP contribution in [0, 0.1) is 13.8 Å². The molecule has 30 heavy (non-hydrogen) atoms. The lowest BCUT2D eigenvalue weighted by molar-refractivity contribution is -0.120. The number of hydrogen-bond donors (Lipinski definition) is 0. The Labute approximate surface area is 187 Å². The van der Waals surface area contributed by atoms with E-state index in [2.05, 4.69) is 18.7 Å². The highest BCUT2D eigenvalue weighted by atomic mass is 35.5. The Morgan fingerprint density at radius 2 is 1.90 bits per heavy atom. The van der Waals surface area contributed by atoms with Gasteiger partial charge in [0.1, 0.15) is 5.75 Å². The first kappa shape index (κ1) is 22.5. The van der Waals surface area contributed by atoms with E-state index >= 15 is 0 Å². The Morgan fingerprint density at radius 1 is 1.13 bits per heavy atom. The Hall–Kier alpha value is -2.15. The van der Waals surface area contributed by atoms with E-state index in [1.807, 2.05) is 50.2 Å². The van der Waals surface area contributed by atoms with E-state index in [0.29, 0.717) is 22.4 Å². The molecule has 0 spiro atoms. The molecule has 0 fully saturated rings. The van der Waals surface area contributed by atoms with Crippen LogP contribution in [0.3, 0.4) is 0 Å². The maximum atomic E-state index is 13.1. The van der Waals surface area contributed by atoms with Gasteiger partial charge in [0.2, 0.25) is 0 Å². The van der Waals surface area contributed by atoms with Crippen LogP contribution in [0.4, 0.5) is 5.13 Å². The van der Waals surface area contributed by atoms with Crippen molar-refractivity contribution in [2.45, 2.75) is 27.7 Å². The molecule has 0 atom stereocenters. The molecule has 0 aliphatic rings. The molecule has 0 saturated heterocycles. The predicted octanol–water partition coefficient (Wildman–Crippen LogP) is 5.32. The van der Waals surface area contributed by atoms with Gasteiger partial charge in [-0.15, -0.1) is 0 Å². The summed E-state index contributed by atoms with van der Waals surface area (Å²) in [6.07, 6.45) is 0. The second-order valence-electron chi connectivity index (χ2n) is 7.19. The lowest BCUT2D eigenvalue weighted by Gasteiger charge is -2.24.